The minimum absolute atomic E-state index is 0.0346. The summed E-state index contributed by atoms with van der Waals surface area (Å²) in [5, 5.41) is 2.96. The van der Waals surface area contributed by atoms with Crippen molar-refractivity contribution in [3.8, 4) is 23.0 Å². The van der Waals surface area contributed by atoms with Gasteiger partial charge in [0.1, 0.15) is 0 Å². The number of amides is 2. The smallest absolute Gasteiger partial charge is 0.223 e. The first kappa shape index (κ1) is 28.8. The third kappa shape index (κ3) is 6.68. The predicted molar refractivity (Wildman–Crippen MR) is 153 cm³/mol. The number of methoxy groups -OCH3 is 4. The molecule has 1 aliphatic heterocycles. The largest absolute Gasteiger partial charge is 0.493 e. The molecular weight excluding hydrogens is 508 g/mol. The third-order valence-corrected chi connectivity index (χ3v) is 7.29. The van der Waals surface area contributed by atoms with Crippen LogP contribution in [0.15, 0.2) is 60.7 Å². The van der Waals surface area contributed by atoms with Gasteiger partial charge in [0.2, 0.25) is 11.8 Å². The van der Waals surface area contributed by atoms with E-state index < -0.39 is 0 Å². The quantitative estimate of drug-likeness (QED) is 0.354. The summed E-state index contributed by atoms with van der Waals surface area (Å²) >= 11 is 0. The van der Waals surface area contributed by atoms with Crippen LogP contribution in [0.4, 0.5) is 0 Å². The van der Waals surface area contributed by atoms with Crippen molar-refractivity contribution in [1.82, 2.24) is 10.2 Å². The number of ether oxygens (including phenoxy) is 4. The lowest BCUT2D eigenvalue weighted by Gasteiger charge is -2.38. The Hall–Kier alpha value is -4.20. The van der Waals surface area contributed by atoms with Gasteiger partial charge in [-0.25, -0.2) is 0 Å². The Morgan fingerprint density at radius 2 is 1.50 bits per heavy atom. The number of benzene rings is 3. The van der Waals surface area contributed by atoms with E-state index in [4.69, 9.17) is 18.9 Å². The summed E-state index contributed by atoms with van der Waals surface area (Å²) in [4.78, 5) is 27.9. The highest BCUT2D eigenvalue weighted by Gasteiger charge is 2.33. The maximum absolute atomic E-state index is 13.5. The van der Waals surface area contributed by atoms with Crippen LogP contribution in [0.5, 0.6) is 23.0 Å². The van der Waals surface area contributed by atoms with Crippen molar-refractivity contribution < 1.29 is 28.5 Å². The SMILES string of the molecule is COc1ccc(CCNC(=O)CCCC(=O)N2CCc3cc(OC)c(OC)cc3C2c2ccccc2)cc1OC. The molecule has 0 saturated heterocycles. The highest BCUT2D eigenvalue weighted by atomic mass is 16.5. The number of nitrogens with zero attached hydrogens (tertiary/aromatic N) is 1. The van der Waals surface area contributed by atoms with Crippen molar-refractivity contribution in [2.24, 2.45) is 0 Å². The molecule has 0 fully saturated rings. The molecule has 0 spiro atoms. The lowest BCUT2D eigenvalue weighted by molar-refractivity contribution is -0.133. The van der Waals surface area contributed by atoms with Gasteiger partial charge in [0.25, 0.3) is 0 Å². The molecule has 0 aromatic heterocycles. The molecule has 1 aliphatic rings. The van der Waals surface area contributed by atoms with Crippen LogP contribution >= 0.6 is 0 Å². The standard InChI is InChI=1S/C32H38N2O6/c1-37-26-14-13-22(19-27(26)38-2)15-17-33-30(35)11-8-12-31(36)34-18-16-24-20-28(39-3)29(40-4)21-25(24)32(34)23-9-6-5-7-10-23/h5-7,9-10,13-14,19-21,32H,8,11-12,15-18H2,1-4H3,(H,33,35). The van der Waals surface area contributed by atoms with E-state index in [1.165, 1.54) is 0 Å². The second kappa shape index (κ2) is 13.7. The summed E-state index contributed by atoms with van der Waals surface area (Å²) < 4.78 is 21.7. The minimum atomic E-state index is -0.229. The van der Waals surface area contributed by atoms with Crippen LogP contribution in [0, 0.1) is 0 Å². The topological polar surface area (TPSA) is 86.3 Å². The number of nitrogens with one attached hydrogen (secondary N) is 1. The van der Waals surface area contributed by atoms with Gasteiger partial charge < -0.3 is 29.2 Å². The number of fused-ring (bicyclic) bond motifs is 1. The molecule has 8 nitrogen and oxygen atoms in total. The molecule has 1 heterocycles. The predicted octanol–water partition coefficient (Wildman–Crippen LogP) is 4.72. The highest BCUT2D eigenvalue weighted by Crippen LogP contribution is 2.41. The number of carbonyl (C=O) groups is 2. The van der Waals surface area contributed by atoms with Gasteiger partial charge in [-0.1, -0.05) is 36.4 Å². The molecule has 4 rings (SSSR count). The summed E-state index contributed by atoms with van der Waals surface area (Å²) in [6.07, 6.45) is 2.47. The molecule has 1 N–H and O–H groups in total. The van der Waals surface area contributed by atoms with Gasteiger partial charge >= 0.3 is 0 Å². The van der Waals surface area contributed by atoms with Crippen molar-refractivity contribution in [2.45, 2.75) is 38.1 Å². The Labute approximate surface area is 236 Å². The van der Waals surface area contributed by atoms with Crippen molar-refractivity contribution in [3.05, 3.63) is 82.9 Å². The molecule has 40 heavy (non-hydrogen) atoms. The highest BCUT2D eigenvalue weighted by molar-refractivity contribution is 5.80. The average molecular weight is 547 g/mol. The molecule has 3 aromatic rings. The van der Waals surface area contributed by atoms with Gasteiger partial charge in [-0.3, -0.25) is 9.59 Å². The van der Waals surface area contributed by atoms with E-state index in [0.717, 1.165) is 28.7 Å². The first-order valence-corrected chi connectivity index (χ1v) is 13.6. The normalized spacial score (nSPS) is 14.2. The van der Waals surface area contributed by atoms with E-state index in [1.807, 2.05) is 65.6 Å². The molecule has 3 aromatic carbocycles. The van der Waals surface area contributed by atoms with Gasteiger partial charge in [0, 0.05) is 25.9 Å². The molecule has 8 heteroatoms. The van der Waals surface area contributed by atoms with Crippen molar-refractivity contribution in [3.63, 3.8) is 0 Å². The maximum atomic E-state index is 13.5. The number of hydrogen-bond acceptors (Lipinski definition) is 6. The Bertz CT molecular complexity index is 1310. The van der Waals surface area contributed by atoms with Crippen LogP contribution in [0.1, 0.15) is 47.6 Å². The molecule has 212 valence electrons. The Kier molecular flexibility index (Phi) is 9.89. The Morgan fingerprint density at radius 3 is 2.20 bits per heavy atom. The fourth-order valence-corrected chi connectivity index (χ4v) is 5.22. The van der Waals surface area contributed by atoms with Gasteiger partial charge in [-0.2, -0.15) is 0 Å². The van der Waals surface area contributed by atoms with E-state index in [-0.39, 0.29) is 17.9 Å². The van der Waals surface area contributed by atoms with Gasteiger partial charge in [0.15, 0.2) is 23.0 Å². The van der Waals surface area contributed by atoms with Crippen molar-refractivity contribution in [2.75, 3.05) is 41.5 Å². The van der Waals surface area contributed by atoms with Crippen LogP contribution in [0.3, 0.4) is 0 Å². The second-order valence-electron chi connectivity index (χ2n) is 9.70. The zero-order valence-corrected chi connectivity index (χ0v) is 23.7. The fraction of sp³-hybridized carbons (Fsp3) is 0.375. The Balaban J connectivity index is 1.35. The van der Waals surface area contributed by atoms with Crippen molar-refractivity contribution in [1.29, 1.82) is 0 Å². The van der Waals surface area contributed by atoms with Gasteiger partial charge in [-0.15, -0.1) is 0 Å². The van der Waals surface area contributed by atoms with E-state index in [0.29, 0.717) is 61.8 Å². The number of carbonyl (C=O) groups excluding carboxylic acids is 2. The third-order valence-electron chi connectivity index (χ3n) is 7.29. The first-order chi connectivity index (χ1) is 19.5. The summed E-state index contributed by atoms with van der Waals surface area (Å²) in [5.41, 5.74) is 4.26. The van der Waals surface area contributed by atoms with Crippen molar-refractivity contribution >= 4 is 11.8 Å². The second-order valence-corrected chi connectivity index (χ2v) is 9.70. The monoisotopic (exact) mass is 546 g/mol. The van der Waals surface area contributed by atoms with Crippen LogP contribution < -0.4 is 24.3 Å². The van der Waals surface area contributed by atoms with Gasteiger partial charge in [-0.05, 0) is 65.8 Å². The first-order valence-electron chi connectivity index (χ1n) is 13.6. The van der Waals surface area contributed by atoms with Crippen LogP contribution in [0.25, 0.3) is 0 Å². The molecule has 0 radical (unpaired) electrons. The maximum Gasteiger partial charge on any atom is 0.223 e. The zero-order chi connectivity index (χ0) is 28.5. The lowest BCUT2D eigenvalue weighted by atomic mass is 9.87. The zero-order valence-electron chi connectivity index (χ0n) is 23.7. The van der Waals surface area contributed by atoms with Crippen LogP contribution in [-0.2, 0) is 22.4 Å². The molecular formula is C32H38N2O6. The van der Waals surface area contributed by atoms with E-state index in [9.17, 15) is 9.59 Å². The molecule has 0 saturated carbocycles. The summed E-state index contributed by atoms with van der Waals surface area (Å²) in [6, 6.07) is 19.5. The molecule has 0 aliphatic carbocycles. The Morgan fingerprint density at radius 1 is 0.825 bits per heavy atom. The molecule has 2 amide bonds. The van der Waals surface area contributed by atoms with Gasteiger partial charge in [0.05, 0.1) is 34.5 Å². The van der Waals surface area contributed by atoms with Crippen LogP contribution in [-0.4, -0.2) is 58.2 Å². The van der Waals surface area contributed by atoms with E-state index >= 15 is 0 Å². The molecule has 1 unspecified atom stereocenters. The lowest BCUT2D eigenvalue weighted by Crippen LogP contribution is -2.40. The molecule has 0 bridgehead atoms. The van der Waals surface area contributed by atoms with Crippen LogP contribution in [0.2, 0.25) is 0 Å². The summed E-state index contributed by atoms with van der Waals surface area (Å²) in [7, 11) is 6.45. The minimum Gasteiger partial charge on any atom is -0.493 e. The summed E-state index contributed by atoms with van der Waals surface area (Å²) in [5.74, 6) is 2.63. The van der Waals surface area contributed by atoms with E-state index in [2.05, 4.69) is 5.32 Å². The fourth-order valence-electron chi connectivity index (χ4n) is 5.22. The number of rotatable bonds is 12. The number of hydrogen-bond donors (Lipinski definition) is 1. The van der Waals surface area contributed by atoms with E-state index in [1.54, 1.807) is 28.4 Å². The molecule has 1 atom stereocenters. The average Bonchev–Trinajstić information content (AvgIpc) is 2.99. The summed E-state index contributed by atoms with van der Waals surface area (Å²) in [6.45, 7) is 1.10.